The summed E-state index contributed by atoms with van der Waals surface area (Å²) in [7, 11) is 1.54. The Morgan fingerprint density at radius 2 is 2.44 bits per heavy atom. The molecule has 0 amide bonds. The van der Waals surface area contributed by atoms with Crippen LogP contribution in [0.15, 0.2) is 16.7 Å². The van der Waals surface area contributed by atoms with Crippen LogP contribution in [0.4, 0.5) is 0 Å². The van der Waals surface area contributed by atoms with E-state index < -0.39 is 5.97 Å². The second-order valence-corrected chi connectivity index (χ2v) is 3.32. The van der Waals surface area contributed by atoms with Crippen molar-refractivity contribution in [3.63, 3.8) is 0 Å². The van der Waals surface area contributed by atoms with Gasteiger partial charge in [0.25, 0.3) is 0 Å². The molecule has 0 spiro atoms. The number of aromatic carboxylic acids is 1. The summed E-state index contributed by atoms with van der Waals surface area (Å²) in [5, 5.41) is 20.6. The molecule has 90 valence electrons. The van der Waals surface area contributed by atoms with Gasteiger partial charge in [-0.05, 0) is 6.07 Å². The average Bonchev–Trinajstić information content (AvgIpc) is 2.73. The molecule has 1 aromatic rings. The molecule has 1 unspecified atom stereocenters. The third-order valence-corrected chi connectivity index (χ3v) is 2.05. The van der Waals surface area contributed by atoms with E-state index in [1.165, 1.54) is 12.3 Å². The number of aliphatic hydroxyl groups is 1. The lowest BCUT2D eigenvalue weighted by atomic mass is 10.3. The molecule has 0 saturated carbocycles. The van der Waals surface area contributed by atoms with Gasteiger partial charge in [-0.3, -0.25) is 0 Å². The average molecular weight is 229 g/mol. The van der Waals surface area contributed by atoms with Gasteiger partial charge < -0.3 is 24.7 Å². The molecule has 0 aliphatic heterocycles. The fraction of sp³-hybridized carbons (Fsp3) is 0.500. The summed E-state index contributed by atoms with van der Waals surface area (Å²) in [6.45, 7) is 0.672. The van der Waals surface area contributed by atoms with Crippen molar-refractivity contribution in [1.82, 2.24) is 5.32 Å². The molecule has 1 rings (SSSR count). The summed E-state index contributed by atoms with van der Waals surface area (Å²) in [4.78, 5) is 10.6. The predicted octanol–water partition coefficient (Wildman–Crippen LogP) is 0.0747. The number of hydrogen-bond acceptors (Lipinski definition) is 5. The maximum Gasteiger partial charge on any atom is 0.338 e. The molecular formula is C10H15NO5. The minimum absolute atomic E-state index is 0.0552. The first kappa shape index (κ1) is 12.7. The van der Waals surface area contributed by atoms with Crippen LogP contribution in [0.5, 0.6) is 0 Å². The van der Waals surface area contributed by atoms with E-state index in [-0.39, 0.29) is 18.2 Å². The second kappa shape index (κ2) is 6.26. The molecule has 1 heterocycles. The van der Waals surface area contributed by atoms with Crippen molar-refractivity contribution in [3.05, 3.63) is 23.7 Å². The number of furan rings is 1. The van der Waals surface area contributed by atoms with Crippen LogP contribution in [0.3, 0.4) is 0 Å². The summed E-state index contributed by atoms with van der Waals surface area (Å²) >= 11 is 0. The van der Waals surface area contributed by atoms with Crippen LogP contribution >= 0.6 is 0 Å². The molecule has 0 fully saturated rings. The van der Waals surface area contributed by atoms with E-state index in [0.29, 0.717) is 18.9 Å². The van der Waals surface area contributed by atoms with Crippen LogP contribution in [0.1, 0.15) is 16.1 Å². The standard InChI is InChI=1S/C10H15NO5/c1-15-6-8(4-12)11-3-9-2-7(5-16-9)10(13)14/h2,5,8,11-12H,3-4,6H2,1H3,(H,13,14). The minimum atomic E-state index is -1.02. The Morgan fingerprint density at radius 1 is 1.69 bits per heavy atom. The van der Waals surface area contributed by atoms with Gasteiger partial charge in [-0.25, -0.2) is 4.79 Å². The zero-order valence-electron chi connectivity index (χ0n) is 8.97. The van der Waals surface area contributed by atoms with Crippen molar-refractivity contribution in [2.75, 3.05) is 20.3 Å². The normalized spacial score (nSPS) is 12.6. The summed E-state index contributed by atoms with van der Waals surface area (Å²) < 4.78 is 9.91. The maximum atomic E-state index is 10.6. The summed E-state index contributed by atoms with van der Waals surface area (Å²) in [6, 6.07) is 1.25. The lowest BCUT2D eigenvalue weighted by molar-refractivity contribution is 0.0696. The summed E-state index contributed by atoms with van der Waals surface area (Å²) in [6.07, 6.45) is 1.18. The zero-order valence-corrected chi connectivity index (χ0v) is 8.97. The molecule has 0 saturated heterocycles. The van der Waals surface area contributed by atoms with Crippen molar-refractivity contribution < 1.29 is 24.2 Å². The van der Waals surface area contributed by atoms with Gasteiger partial charge in [-0.1, -0.05) is 0 Å². The minimum Gasteiger partial charge on any atom is -0.478 e. The van der Waals surface area contributed by atoms with Crippen molar-refractivity contribution in [1.29, 1.82) is 0 Å². The number of hydrogen-bond donors (Lipinski definition) is 3. The van der Waals surface area contributed by atoms with E-state index in [9.17, 15) is 4.79 Å². The molecule has 6 heteroatoms. The quantitative estimate of drug-likeness (QED) is 0.613. The first-order valence-electron chi connectivity index (χ1n) is 4.81. The molecule has 16 heavy (non-hydrogen) atoms. The highest BCUT2D eigenvalue weighted by atomic mass is 16.5. The monoisotopic (exact) mass is 229 g/mol. The van der Waals surface area contributed by atoms with E-state index in [0.717, 1.165) is 0 Å². The smallest absolute Gasteiger partial charge is 0.338 e. The van der Waals surface area contributed by atoms with Crippen LogP contribution < -0.4 is 5.32 Å². The van der Waals surface area contributed by atoms with E-state index in [2.05, 4.69) is 5.32 Å². The van der Waals surface area contributed by atoms with Crippen molar-refractivity contribution in [3.8, 4) is 0 Å². The van der Waals surface area contributed by atoms with Crippen molar-refractivity contribution in [2.24, 2.45) is 0 Å². The lowest BCUT2D eigenvalue weighted by Crippen LogP contribution is -2.35. The topological polar surface area (TPSA) is 91.9 Å². The Morgan fingerprint density at radius 3 is 2.94 bits per heavy atom. The summed E-state index contributed by atoms with van der Waals surface area (Å²) in [5.74, 6) is -0.516. The van der Waals surface area contributed by atoms with Gasteiger partial charge >= 0.3 is 5.97 Å². The van der Waals surface area contributed by atoms with E-state index in [1.54, 1.807) is 7.11 Å². The molecule has 6 nitrogen and oxygen atoms in total. The van der Waals surface area contributed by atoms with Gasteiger partial charge in [0.15, 0.2) is 0 Å². The first-order valence-corrected chi connectivity index (χ1v) is 4.81. The molecule has 1 aromatic heterocycles. The van der Waals surface area contributed by atoms with E-state index in [1.807, 2.05) is 0 Å². The predicted molar refractivity (Wildman–Crippen MR) is 55.3 cm³/mol. The van der Waals surface area contributed by atoms with Gasteiger partial charge in [0.05, 0.1) is 31.4 Å². The molecule has 3 N–H and O–H groups in total. The molecule has 1 atom stereocenters. The number of nitrogens with one attached hydrogen (secondary N) is 1. The van der Waals surface area contributed by atoms with Crippen molar-refractivity contribution in [2.45, 2.75) is 12.6 Å². The number of methoxy groups -OCH3 is 1. The Balaban J connectivity index is 2.44. The number of carboxylic acids is 1. The molecule has 0 bridgehead atoms. The SMILES string of the molecule is COCC(CO)NCc1cc(C(=O)O)co1. The molecule has 0 aromatic carbocycles. The highest BCUT2D eigenvalue weighted by Gasteiger charge is 2.10. The zero-order chi connectivity index (χ0) is 12.0. The van der Waals surface area contributed by atoms with Gasteiger partial charge in [0.2, 0.25) is 0 Å². The lowest BCUT2D eigenvalue weighted by Gasteiger charge is -2.13. The number of aliphatic hydroxyl groups excluding tert-OH is 1. The van der Waals surface area contributed by atoms with E-state index >= 15 is 0 Å². The molecule has 0 aliphatic carbocycles. The highest BCUT2D eigenvalue weighted by molar-refractivity contribution is 5.87. The van der Waals surface area contributed by atoms with Crippen LogP contribution in [0.25, 0.3) is 0 Å². The molecule has 0 aliphatic rings. The molecule has 0 radical (unpaired) electrons. The number of ether oxygens (including phenoxy) is 1. The van der Waals surface area contributed by atoms with Gasteiger partial charge in [-0.2, -0.15) is 0 Å². The van der Waals surface area contributed by atoms with Crippen molar-refractivity contribution >= 4 is 5.97 Å². The fourth-order valence-electron chi connectivity index (χ4n) is 1.21. The van der Waals surface area contributed by atoms with Crippen LogP contribution in [0.2, 0.25) is 0 Å². The molecular weight excluding hydrogens is 214 g/mol. The second-order valence-electron chi connectivity index (χ2n) is 3.32. The van der Waals surface area contributed by atoms with Gasteiger partial charge in [-0.15, -0.1) is 0 Å². The maximum absolute atomic E-state index is 10.6. The van der Waals surface area contributed by atoms with Gasteiger partial charge in [0.1, 0.15) is 12.0 Å². The largest absolute Gasteiger partial charge is 0.478 e. The van der Waals surface area contributed by atoms with Crippen LogP contribution in [0, 0.1) is 0 Å². The Hall–Kier alpha value is -1.37. The Bertz CT molecular complexity index is 336. The first-order chi connectivity index (χ1) is 7.67. The third kappa shape index (κ3) is 3.65. The Labute approximate surface area is 92.8 Å². The number of rotatable bonds is 7. The van der Waals surface area contributed by atoms with Crippen LogP contribution in [-0.2, 0) is 11.3 Å². The highest BCUT2D eigenvalue weighted by Crippen LogP contribution is 2.07. The fourth-order valence-corrected chi connectivity index (χ4v) is 1.21. The number of carboxylic acid groups (broad SMARTS) is 1. The Kier molecular flexibility index (Phi) is 4.97. The summed E-state index contributed by atoms with van der Waals surface area (Å²) in [5.41, 5.74) is 0.115. The van der Waals surface area contributed by atoms with E-state index in [4.69, 9.17) is 19.4 Å². The van der Waals surface area contributed by atoms with Gasteiger partial charge in [0, 0.05) is 7.11 Å². The van der Waals surface area contributed by atoms with Crippen LogP contribution in [-0.4, -0.2) is 42.5 Å². The third-order valence-electron chi connectivity index (χ3n) is 2.05. The number of carbonyl (C=O) groups is 1.